The number of allylic oxidation sites excluding steroid dienone is 4. The Morgan fingerprint density at radius 2 is 2.25 bits per heavy atom. The van der Waals surface area contributed by atoms with Gasteiger partial charge in [-0.3, -0.25) is 0 Å². The molecule has 0 aromatic rings. The van der Waals surface area contributed by atoms with E-state index < -0.39 is 0 Å². The highest BCUT2D eigenvalue weighted by Crippen LogP contribution is 2.30. The first-order valence-electron chi connectivity index (χ1n) is 5.11. The third-order valence-electron chi connectivity index (χ3n) is 2.66. The smallest absolute Gasteiger partial charge is 0.0142 e. The van der Waals surface area contributed by atoms with Crippen molar-refractivity contribution >= 4 is 0 Å². The maximum absolute atomic E-state index is 2.33. The fourth-order valence-electron chi connectivity index (χ4n) is 1.95. The Labute approximate surface area is 76.4 Å². The van der Waals surface area contributed by atoms with Crippen molar-refractivity contribution in [3.8, 4) is 0 Å². The lowest BCUT2D eigenvalue weighted by molar-refractivity contribution is 0.430. The predicted octanol–water partition coefficient (Wildman–Crippen LogP) is 3.95. The van der Waals surface area contributed by atoms with Crippen molar-refractivity contribution < 1.29 is 0 Å². The molecule has 12 heavy (non-hydrogen) atoms. The van der Waals surface area contributed by atoms with Crippen LogP contribution in [0.5, 0.6) is 0 Å². The van der Waals surface area contributed by atoms with Crippen LogP contribution in [0.4, 0.5) is 0 Å². The quantitative estimate of drug-likeness (QED) is 0.592. The van der Waals surface area contributed by atoms with Crippen molar-refractivity contribution in [1.82, 2.24) is 0 Å². The molecule has 0 N–H and O–H groups in total. The second-order valence-electron chi connectivity index (χ2n) is 4.01. The van der Waals surface area contributed by atoms with Crippen molar-refractivity contribution in [3.05, 3.63) is 23.8 Å². The molecular formula is C12H20. The zero-order chi connectivity index (χ0) is 8.97. The minimum absolute atomic E-state index is 0.799. The highest BCUT2D eigenvalue weighted by molar-refractivity contribution is 5.21. The van der Waals surface area contributed by atoms with E-state index in [0.29, 0.717) is 0 Å². The number of hydrogen-bond acceptors (Lipinski definition) is 0. The SMILES string of the molecule is CCCC1=CC=CCC1C(C)C. The van der Waals surface area contributed by atoms with Gasteiger partial charge in [-0.05, 0) is 24.7 Å². The Morgan fingerprint density at radius 3 is 2.83 bits per heavy atom. The molecule has 0 heteroatoms. The van der Waals surface area contributed by atoms with Crippen LogP contribution in [0.2, 0.25) is 0 Å². The zero-order valence-electron chi connectivity index (χ0n) is 8.51. The summed E-state index contributed by atoms with van der Waals surface area (Å²) in [4.78, 5) is 0. The van der Waals surface area contributed by atoms with Crippen molar-refractivity contribution in [2.45, 2.75) is 40.0 Å². The van der Waals surface area contributed by atoms with Gasteiger partial charge in [0.2, 0.25) is 0 Å². The van der Waals surface area contributed by atoms with E-state index in [9.17, 15) is 0 Å². The van der Waals surface area contributed by atoms with E-state index in [0.717, 1.165) is 11.8 Å². The fourth-order valence-corrected chi connectivity index (χ4v) is 1.95. The van der Waals surface area contributed by atoms with Gasteiger partial charge in [-0.15, -0.1) is 0 Å². The van der Waals surface area contributed by atoms with E-state index in [2.05, 4.69) is 39.0 Å². The van der Waals surface area contributed by atoms with Crippen LogP contribution in [-0.4, -0.2) is 0 Å². The lowest BCUT2D eigenvalue weighted by Crippen LogP contribution is -2.12. The molecule has 0 nitrogen and oxygen atoms in total. The highest BCUT2D eigenvalue weighted by Gasteiger charge is 2.17. The summed E-state index contributed by atoms with van der Waals surface area (Å²) < 4.78 is 0. The van der Waals surface area contributed by atoms with Gasteiger partial charge in [-0.1, -0.05) is 51.0 Å². The average molecular weight is 164 g/mol. The molecule has 0 aromatic carbocycles. The maximum Gasteiger partial charge on any atom is -0.0142 e. The first-order chi connectivity index (χ1) is 5.75. The summed E-state index contributed by atoms with van der Waals surface area (Å²) in [6.45, 7) is 6.91. The van der Waals surface area contributed by atoms with Gasteiger partial charge in [0.1, 0.15) is 0 Å². The third kappa shape index (κ3) is 2.23. The van der Waals surface area contributed by atoms with Crippen molar-refractivity contribution in [2.24, 2.45) is 11.8 Å². The van der Waals surface area contributed by atoms with Crippen LogP contribution >= 0.6 is 0 Å². The topological polar surface area (TPSA) is 0 Å². The van der Waals surface area contributed by atoms with E-state index >= 15 is 0 Å². The summed E-state index contributed by atoms with van der Waals surface area (Å²) in [5.41, 5.74) is 1.66. The minimum atomic E-state index is 0.799. The molecule has 0 radical (unpaired) electrons. The lowest BCUT2D eigenvalue weighted by Gasteiger charge is -2.24. The summed E-state index contributed by atoms with van der Waals surface area (Å²) in [5.74, 6) is 1.61. The number of hydrogen-bond donors (Lipinski definition) is 0. The zero-order valence-corrected chi connectivity index (χ0v) is 8.51. The van der Waals surface area contributed by atoms with Crippen molar-refractivity contribution in [2.75, 3.05) is 0 Å². The Balaban J connectivity index is 2.63. The summed E-state index contributed by atoms with van der Waals surface area (Å²) in [6.07, 6.45) is 10.6. The van der Waals surface area contributed by atoms with Crippen LogP contribution in [-0.2, 0) is 0 Å². The Hall–Kier alpha value is -0.520. The van der Waals surface area contributed by atoms with Gasteiger partial charge in [0.25, 0.3) is 0 Å². The Bertz CT molecular complexity index is 184. The Kier molecular flexibility index (Phi) is 3.58. The van der Waals surface area contributed by atoms with Crippen molar-refractivity contribution in [1.29, 1.82) is 0 Å². The van der Waals surface area contributed by atoms with Gasteiger partial charge < -0.3 is 0 Å². The molecule has 0 amide bonds. The molecule has 1 aliphatic rings. The molecule has 1 rings (SSSR count). The molecule has 68 valence electrons. The molecule has 0 bridgehead atoms. The van der Waals surface area contributed by atoms with Crippen LogP contribution in [0, 0.1) is 11.8 Å². The normalized spacial score (nSPS) is 23.0. The first-order valence-corrected chi connectivity index (χ1v) is 5.11. The molecule has 1 atom stereocenters. The first kappa shape index (κ1) is 9.57. The summed E-state index contributed by atoms with van der Waals surface area (Å²) >= 11 is 0. The third-order valence-corrected chi connectivity index (χ3v) is 2.66. The van der Waals surface area contributed by atoms with Gasteiger partial charge in [-0.25, -0.2) is 0 Å². The Morgan fingerprint density at radius 1 is 1.50 bits per heavy atom. The van der Waals surface area contributed by atoms with Crippen LogP contribution in [0.25, 0.3) is 0 Å². The average Bonchev–Trinajstić information content (AvgIpc) is 2.05. The van der Waals surface area contributed by atoms with Gasteiger partial charge in [0.05, 0.1) is 0 Å². The molecule has 0 aromatic heterocycles. The van der Waals surface area contributed by atoms with E-state index in [1.54, 1.807) is 5.57 Å². The highest BCUT2D eigenvalue weighted by atomic mass is 14.2. The minimum Gasteiger partial charge on any atom is -0.0839 e. The molecule has 0 saturated heterocycles. The molecule has 0 saturated carbocycles. The van der Waals surface area contributed by atoms with Gasteiger partial charge in [0.15, 0.2) is 0 Å². The molecule has 1 unspecified atom stereocenters. The van der Waals surface area contributed by atoms with E-state index in [-0.39, 0.29) is 0 Å². The maximum atomic E-state index is 2.33. The van der Waals surface area contributed by atoms with Crippen LogP contribution < -0.4 is 0 Å². The molecule has 0 aliphatic heterocycles. The van der Waals surface area contributed by atoms with Gasteiger partial charge >= 0.3 is 0 Å². The van der Waals surface area contributed by atoms with Gasteiger partial charge in [0, 0.05) is 0 Å². The van der Waals surface area contributed by atoms with E-state index in [1.807, 2.05) is 0 Å². The molecule has 0 fully saturated rings. The fraction of sp³-hybridized carbons (Fsp3) is 0.667. The van der Waals surface area contributed by atoms with Crippen LogP contribution in [0.1, 0.15) is 40.0 Å². The monoisotopic (exact) mass is 164 g/mol. The standard InChI is InChI=1S/C12H20/c1-4-7-11-8-5-6-9-12(11)10(2)3/h5-6,8,10,12H,4,7,9H2,1-3H3. The van der Waals surface area contributed by atoms with Gasteiger partial charge in [-0.2, -0.15) is 0 Å². The molecule has 0 heterocycles. The van der Waals surface area contributed by atoms with E-state index in [1.165, 1.54) is 19.3 Å². The summed E-state index contributed by atoms with van der Waals surface area (Å²) in [5, 5.41) is 0. The summed E-state index contributed by atoms with van der Waals surface area (Å²) in [7, 11) is 0. The summed E-state index contributed by atoms with van der Waals surface area (Å²) in [6, 6.07) is 0. The largest absolute Gasteiger partial charge is 0.0839 e. The molecule has 1 aliphatic carbocycles. The van der Waals surface area contributed by atoms with Crippen LogP contribution in [0.3, 0.4) is 0 Å². The second-order valence-corrected chi connectivity index (χ2v) is 4.01. The van der Waals surface area contributed by atoms with E-state index in [4.69, 9.17) is 0 Å². The molecular weight excluding hydrogens is 144 g/mol. The van der Waals surface area contributed by atoms with Crippen LogP contribution in [0.15, 0.2) is 23.8 Å². The predicted molar refractivity (Wildman–Crippen MR) is 55.1 cm³/mol. The molecule has 0 spiro atoms. The second kappa shape index (κ2) is 4.49. The number of rotatable bonds is 3. The lowest BCUT2D eigenvalue weighted by atomic mass is 9.81. The van der Waals surface area contributed by atoms with Crippen molar-refractivity contribution in [3.63, 3.8) is 0 Å².